The zero-order chi connectivity index (χ0) is 17.2. The van der Waals surface area contributed by atoms with Crippen molar-refractivity contribution in [2.75, 3.05) is 12.4 Å². The summed E-state index contributed by atoms with van der Waals surface area (Å²) in [6.45, 7) is 4.44. The molecule has 0 aromatic heterocycles. The molecular weight excluding hydrogens is 316 g/mol. The standard InChI is InChI=1S/C21H26O2S/c1-3-23-21(22)16-19-13-11-18(12-14-19)9-6-7-15-24-20-10-5-4-8-17(20)2/h4-5,8,10-14H,3,6-7,9,15-16H2,1-2H3. The number of thioether (sulfide) groups is 1. The maximum Gasteiger partial charge on any atom is 0.310 e. The molecule has 0 radical (unpaired) electrons. The number of carbonyl (C=O) groups is 1. The number of benzene rings is 2. The molecule has 0 aliphatic rings. The zero-order valence-electron chi connectivity index (χ0n) is 14.6. The Morgan fingerprint density at radius 1 is 1.00 bits per heavy atom. The third-order valence-electron chi connectivity index (χ3n) is 3.89. The molecule has 0 amide bonds. The van der Waals surface area contributed by atoms with Gasteiger partial charge in [0.05, 0.1) is 13.0 Å². The van der Waals surface area contributed by atoms with Gasteiger partial charge in [-0.1, -0.05) is 42.5 Å². The van der Waals surface area contributed by atoms with Crippen LogP contribution < -0.4 is 0 Å². The van der Waals surface area contributed by atoms with Crippen molar-refractivity contribution in [3.05, 3.63) is 65.2 Å². The van der Waals surface area contributed by atoms with Crippen molar-refractivity contribution in [2.24, 2.45) is 0 Å². The van der Waals surface area contributed by atoms with Crippen molar-refractivity contribution in [3.63, 3.8) is 0 Å². The molecule has 0 unspecified atom stereocenters. The lowest BCUT2D eigenvalue weighted by Gasteiger charge is -2.06. The van der Waals surface area contributed by atoms with Crippen LogP contribution in [0.25, 0.3) is 0 Å². The van der Waals surface area contributed by atoms with Gasteiger partial charge in [0.15, 0.2) is 0 Å². The van der Waals surface area contributed by atoms with Crippen molar-refractivity contribution in [3.8, 4) is 0 Å². The normalized spacial score (nSPS) is 10.6. The van der Waals surface area contributed by atoms with Gasteiger partial charge in [-0.3, -0.25) is 4.79 Å². The van der Waals surface area contributed by atoms with Crippen LogP contribution in [0.5, 0.6) is 0 Å². The molecule has 0 aliphatic heterocycles. The minimum atomic E-state index is -0.154. The van der Waals surface area contributed by atoms with E-state index in [0.717, 1.165) is 17.7 Å². The Labute approximate surface area is 149 Å². The highest BCUT2D eigenvalue weighted by Crippen LogP contribution is 2.23. The minimum Gasteiger partial charge on any atom is -0.466 e. The fourth-order valence-electron chi connectivity index (χ4n) is 2.53. The first kappa shape index (κ1) is 18.6. The number of aryl methyl sites for hydroxylation is 2. The van der Waals surface area contributed by atoms with Gasteiger partial charge in [-0.05, 0) is 61.6 Å². The van der Waals surface area contributed by atoms with Crippen molar-refractivity contribution in [1.82, 2.24) is 0 Å². The summed E-state index contributed by atoms with van der Waals surface area (Å²) in [5.41, 5.74) is 3.72. The van der Waals surface area contributed by atoms with Gasteiger partial charge in [-0.25, -0.2) is 0 Å². The van der Waals surface area contributed by atoms with Gasteiger partial charge in [-0.15, -0.1) is 11.8 Å². The van der Waals surface area contributed by atoms with E-state index in [-0.39, 0.29) is 5.97 Å². The molecule has 0 N–H and O–H groups in total. The second-order valence-electron chi connectivity index (χ2n) is 5.87. The van der Waals surface area contributed by atoms with Crippen LogP contribution >= 0.6 is 11.8 Å². The van der Waals surface area contributed by atoms with Crippen LogP contribution in [0.4, 0.5) is 0 Å². The number of hydrogen-bond acceptors (Lipinski definition) is 3. The summed E-state index contributed by atoms with van der Waals surface area (Å²) in [5.74, 6) is 1.00. The SMILES string of the molecule is CCOC(=O)Cc1ccc(CCCCSc2ccccc2C)cc1. The number of ether oxygens (including phenoxy) is 1. The Balaban J connectivity index is 1.67. The molecule has 0 saturated carbocycles. The van der Waals surface area contributed by atoms with Crippen molar-refractivity contribution in [1.29, 1.82) is 0 Å². The number of hydrogen-bond donors (Lipinski definition) is 0. The van der Waals surface area contributed by atoms with Gasteiger partial charge in [0, 0.05) is 4.90 Å². The third kappa shape index (κ3) is 6.40. The molecule has 2 aromatic rings. The number of rotatable bonds is 9. The molecule has 24 heavy (non-hydrogen) atoms. The average Bonchev–Trinajstić information content (AvgIpc) is 2.58. The molecule has 0 aliphatic carbocycles. The lowest BCUT2D eigenvalue weighted by Crippen LogP contribution is -2.07. The summed E-state index contributed by atoms with van der Waals surface area (Å²) in [4.78, 5) is 12.8. The van der Waals surface area contributed by atoms with E-state index in [1.165, 1.54) is 28.9 Å². The summed E-state index contributed by atoms with van der Waals surface area (Å²) >= 11 is 1.94. The number of unbranched alkanes of at least 4 members (excludes halogenated alkanes) is 1. The summed E-state index contributed by atoms with van der Waals surface area (Å²) < 4.78 is 4.97. The highest BCUT2D eigenvalue weighted by atomic mass is 32.2. The van der Waals surface area contributed by atoms with Crippen LogP contribution in [0.1, 0.15) is 36.5 Å². The van der Waals surface area contributed by atoms with E-state index in [4.69, 9.17) is 4.74 Å². The van der Waals surface area contributed by atoms with Crippen LogP contribution in [-0.4, -0.2) is 18.3 Å². The number of esters is 1. The second kappa shape index (κ2) is 10.2. The molecule has 0 fully saturated rings. The molecule has 0 atom stereocenters. The van der Waals surface area contributed by atoms with E-state index in [2.05, 4.69) is 43.3 Å². The maximum absolute atomic E-state index is 11.5. The van der Waals surface area contributed by atoms with E-state index in [0.29, 0.717) is 13.0 Å². The van der Waals surface area contributed by atoms with Crippen LogP contribution in [-0.2, 0) is 22.4 Å². The first-order chi connectivity index (χ1) is 11.7. The van der Waals surface area contributed by atoms with E-state index >= 15 is 0 Å². The second-order valence-corrected chi connectivity index (χ2v) is 7.01. The summed E-state index contributed by atoms with van der Waals surface area (Å²) in [5, 5.41) is 0. The van der Waals surface area contributed by atoms with Gasteiger partial charge in [0.25, 0.3) is 0 Å². The third-order valence-corrected chi connectivity index (χ3v) is 5.15. The molecule has 0 bridgehead atoms. The quantitative estimate of drug-likeness (QED) is 0.355. The lowest BCUT2D eigenvalue weighted by atomic mass is 10.1. The highest BCUT2D eigenvalue weighted by Gasteiger charge is 2.04. The largest absolute Gasteiger partial charge is 0.466 e. The summed E-state index contributed by atoms with van der Waals surface area (Å²) in [6.07, 6.45) is 3.86. The van der Waals surface area contributed by atoms with Crippen molar-refractivity contribution in [2.45, 2.75) is 44.4 Å². The minimum absolute atomic E-state index is 0.154. The monoisotopic (exact) mass is 342 g/mol. The Morgan fingerprint density at radius 3 is 2.42 bits per heavy atom. The first-order valence-electron chi connectivity index (χ1n) is 8.61. The molecule has 2 aromatic carbocycles. The fraction of sp³-hybridized carbons (Fsp3) is 0.381. The predicted molar refractivity (Wildman–Crippen MR) is 102 cm³/mol. The molecule has 3 heteroatoms. The van der Waals surface area contributed by atoms with Gasteiger partial charge in [-0.2, -0.15) is 0 Å². The molecule has 128 valence electrons. The predicted octanol–water partition coefficient (Wildman–Crippen LogP) is 5.22. The maximum atomic E-state index is 11.5. The molecule has 0 heterocycles. The van der Waals surface area contributed by atoms with E-state index < -0.39 is 0 Å². The van der Waals surface area contributed by atoms with Crippen LogP contribution in [0.2, 0.25) is 0 Å². The van der Waals surface area contributed by atoms with Gasteiger partial charge < -0.3 is 4.74 Å². The van der Waals surface area contributed by atoms with Crippen LogP contribution in [0.3, 0.4) is 0 Å². The molecule has 0 saturated heterocycles. The smallest absolute Gasteiger partial charge is 0.310 e. The Morgan fingerprint density at radius 2 is 1.71 bits per heavy atom. The Kier molecular flexibility index (Phi) is 7.90. The molecule has 2 rings (SSSR count). The van der Waals surface area contributed by atoms with Crippen molar-refractivity contribution < 1.29 is 9.53 Å². The average molecular weight is 343 g/mol. The number of carbonyl (C=O) groups excluding carboxylic acids is 1. The van der Waals surface area contributed by atoms with Crippen LogP contribution in [0, 0.1) is 6.92 Å². The van der Waals surface area contributed by atoms with E-state index in [1.807, 2.05) is 30.8 Å². The lowest BCUT2D eigenvalue weighted by molar-refractivity contribution is -0.142. The highest BCUT2D eigenvalue weighted by molar-refractivity contribution is 7.99. The summed E-state index contributed by atoms with van der Waals surface area (Å²) in [6, 6.07) is 16.9. The molecular formula is C21H26O2S. The fourth-order valence-corrected chi connectivity index (χ4v) is 3.57. The van der Waals surface area contributed by atoms with Crippen molar-refractivity contribution >= 4 is 17.7 Å². The van der Waals surface area contributed by atoms with Gasteiger partial charge >= 0.3 is 5.97 Å². The zero-order valence-corrected chi connectivity index (χ0v) is 15.4. The van der Waals surface area contributed by atoms with Crippen LogP contribution in [0.15, 0.2) is 53.4 Å². The first-order valence-corrected chi connectivity index (χ1v) is 9.59. The van der Waals surface area contributed by atoms with Gasteiger partial charge in [0.2, 0.25) is 0 Å². The van der Waals surface area contributed by atoms with E-state index in [1.54, 1.807) is 0 Å². The topological polar surface area (TPSA) is 26.3 Å². The molecule has 0 spiro atoms. The summed E-state index contributed by atoms with van der Waals surface area (Å²) in [7, 11) is 0. The van der Waals surface area contributed by atoms with Gasteiger partial charge in [0.1, 0.15) is 0 Å². The van der Waals surface area contributed by atoms with E-state index in [9.17, 15) is 4.79 Å². The molecule has 2 nitrogen and oxygen atoms in total. The Bertz CT molecular complexity index is 635. The Hall–Kier alpha value is -1.74.